The number of aryl methyl sites for hydroxylation is 1. The fraction of sp³-hybridized carbons (Fsp3) is 0.0667. The molecule has 3 rings (SSSR count). The van der Waals surface area contributed by atoms with Gasteiger partial charge in [-0.1, -0.05) is 15.9 Å². The first-order valence-electron chi connectivity index (χ1n) is 6.11. The van der Waals surface area contributed by atoms with Gasteiger partial charge in [0.15, 0.2) is 0 Å². The Balaban J connectivity index is 1.86. The Kier molecular flexibility index (Phi) is 3.28. The average molecular weight is 330 g/mol. The lowest BCUT2D eigenvalue weighted by Crippen LogP contribution is -2.11. The number of carbonyl (C=O) groups is 1. The van der Waals surface area contributed by atoms with Crippen molar-refractivity contribution in [3.05, 3.63) is 58.8 Å². The van der Waals surface area contributed by atoms with Gasteiger partial charge in [0.05, 0.1) is 17.4 Å². The number of hydrogen-bond acceptors (Lipinski definition) is 2. The summed E-state index contributed by atoms with van der Waals surface area (Å²) in [5.74, 6) is -0.139. The summed E-state index contributed by atoms with van der Waals surface area (Å²) in [5.41, 5.74) is 3.18. The van der Waals surface area contributed by atoms with Crippen molar-refractivity contribution in [3.8, 4) is 0 Å². The molecule has 0 aliphatic rings. The second kappa shape index (κ2) is 5.09. The highest BCUT2D eigenvalue weighted by molar-refractivity contribution is 9.10. The van der Waals surface area contributed by atoms with E-state index in [4.69, 9.17) is 0 Å². The van der Waals surface area contributed by atoms with E-state index in [1.54, 1.807) is 18.5 Å². The van der Waals surface area contributed by atoms with E-state index in [1.807, 2.05) is 41.9 Å². The third-order valence-corrected chi connectivity index (χ3v) is 3.62. The van der Waals surface area contributed by atoms with Crippen molar-refractivity contribution >= 4 is 38.6 Å². The van der Waals surface area contributed by atoms with Crippen molar-refractivity contribution in [1.82, 2.24) is 9.55 Å². The number of amides is 1. The quantitative estimate of drug-likeness (QED) is 0.781. The van der Waals surface area contributed by atoms with Crippen LogP contribution in [0.25, 0.3) is 11.0 Å². The lowest BCUT2D eigenvalue weighted by molar-refractivity contribution is 0.102. The van der Waals surface area contributed by atoms with E-state index in [-0.39, 0.29) is 5.91 Å². The number of fused-ring (bicyclic) bond motifs is 1. The first-order chi connectivity index (χ1) is 9.63. The number of nitrogens with zero attached hydrogens (tertiary/aromatic N) is 2. The largest absolute Gasteiger partial charge is 0.334 e. The number of imidazole rings is 1. The number of nitrogens with one attached hydrogen (secondary N) is 1. The molecule has 0 saturated carbocycles. The van der Waals surface area contributed by atoms with Crippen molar-refractivity contribution in [3.63, 3.8) is 0 Å². The van der Waals surface area contributed by atoms with Crippen LogP contribution in [0.3, 0.4) is 0 Å². The molecule has 0 bridgehead atoms. The van der Waals surface area contributed by atoms with Gasteiger partial charge in [-0.05, 0) is 42.5 Å². The van der Waals surface area contributed by atoms with Crippen LogP contribution < -0.4 is 5.32 Å². The van der Waals surface area contributed by atoms with E-state index < -0.39 is 0 Å². The Morgan fingerprint density at radius 1 is 1.20 bits per heavy atom. The molecular formula is C15H12BrN3O. The molecule has 1 amide bonds. The molecule has 1 aromatic heterocycles. The van der Waals surface area contributed by atoms with E-state index in [9.17, 15) is 4.79 Å². The number of aromatic nitrogens is 2. The van der Waals surface area contributed by atoms with E-state index in [0.29, 0.717) is 5.56 Å². The average Bonchev–Trinajstić information content (AvgIpc) is 2.82. The Bertz CT molecular complexity index is 777. The number of halogens is 1. The predicted octanol–water partition coefficient (Wildman–Crippen LogP) is 3.59. The summed E-state index contributed by atoms with van der Waals surface area (Å²) in [6.45, 7) is 0. The van der Waals surface area contributed by atoms with Gasteiger partial charge in [-0.25, -0.2) is 4.98 Å². The van der Waals surface area contributed by atoms with Gasteiger partial charge < -0.3 is 9.88 Å². The van der Waals surface area contributed by atoms with Gasteiger partial charge in [-0.2, -0.15) is 0 Å². The molecule has 0 spiro atoms. The second-order valence-electron chi connectivity index (χ2n) is 4.52. The van der Waals surface area contributed by atoms with Crippen LogP contribution in [0.2, 0.25) is 0 Å². The molecule has 1 heterocycles. The first-order valence-corrected chi connectivity index (χ1v) is 6.91. The normalized spacial score (nSPS) is 10.7. The third-order valence-electron chi connectivity index (χ3n) is 3.09. The van der Waals surface area contributed by atoms with Crippen LogP contribution in [0, 0.1) is 0 Å². The third kappa shape index (κ3) is 2.44. The molecule has 1 N–H and O–H groups in total. The summed E-state index contributed by atoms with van der Waals surface area (Å²) in [5, 5.41) is 2.86. The number of rotatable bonds is 2. The zero-order valence-corrected chi connectivity index (χ0v) is 12.4. The Hall–Kier alpha value is -2.14. The van der Waals surface area contributed by atoms with E-state index >= 15 is 0 Å². The van der Waals surface area contributed by atoms with Gasteiger partial charge >= 0.3 is 0 Å². The smallest absolute Gasteiger partial charge is 0.255 e. The lowest BCUT2D eigenvalue weighted by Gasteiger charge is -2.05. The van der Waals surface area contributed by atoms with Crippen molar-refractivity contribution in [2.75, 3.05) is 5.32 Å². The maximum Gasteiger partial charge on any atom is 0.255 e. The predicted molar refractivity (Wildman–Crippen MR) is 82.8 cm³/mol. The van der Waals surface area contributed by atoms with Crippen LogP contribution in [0.1, 0.15) is 10.4 Å². The maximum absolute atomic E-state index is 12.2. The van der Waals surface area contributed by atoms with Crippen LogP contribution in [-0.4, -0.2) is 15.5 Å². The number of benzene rings is 2. The molecule has 2 aromatic carbocycles. The summed E-state index contributed by atoms with van der Waals surface area (Å²) >= 11 is 3.36. The minimum Gasteiger partial charge on any atom is -0.334 e. The minimum atomic E-state index is -0.139. The highest BCUT2D eigenvalue weighted by Crippen LogP contribution is 2.17. The monoisotopic (exact) mass is 329 g/mol. The van der Waals surface area contributed by atoms with Gasteiger partial charge in [-0.15, -0.1) is 0 Å². The number of carbonyl (C=O) groups excluding carboxylic acids is 1. The molecule has 0 aliphatic heterocycles. The minimum absolute atomic E-state index is 0.139. The lowest BCUT2D eigenvalue weighted by atomic mass is 10.2. The van der Waals surface area contributed by atoms with Crippen LogP contribution >= 0.6 is 15.9 Å². The van der Waals surface area contributed by atoms with Crippen molar-refractivity contribution < 1.29 is 4.79 Å². The molecule has 20 heavy (non-hydrogen) atoms. The summed E-state index contributed by atoms with van der Waals surface area (Å²) in [6, 6.07) is 13.0. The molecule has 100 valence electrons. The first kappa shape index (κ1) is 12.9. The molecule has 4 nitrogen and oxygen atoms in total. The van der Waals surface area contributed by atoms with Gasteiger partial charge in [0.2, 0.25) is 0 Å². The molecule has 0 fully saturated rings. The Morgan fingerprint density at radius 2 is 1.95 bits per heavy atom. The summed E-state index contributed by atoms with van der Waals surface area (Å²) < 4.78 is 2.90. The fourth-order valence-electron chi connectivity index (χ4n) is 2.01. The van der Waals surface area contributed by atoms with Crippen molar-refractivity contribution in [2.24, 2.45) is 7.05 Å². The van der Waals surface area contributed by atoms with E-state index in [2.05, 4.69) is 26.2 Å². The van der Waals surface area contributed by atoms with Crippen molar-refractivity contribution in [1.29, 1.82) is 0 Å². The molecule has 0 radical (unpaired) electrons. The Morgan fingerprint density at radius 3 is 2.70 bits per heavy atom. The highest BCUT2D eigenvalue weighted by Gasteiger charge is 2.08. The molecule has 3 aromatic rings. The highest BCUT2D eigenvalue weighted by atomic mass is 79.9. The molecule has 0 unspecified atom stereocenters. The second-order valence-corrected chi connectivity index (χ2v) is 5.44. The van der Waals surface area contributed by atoms with E-state index in [1.165, 1.54) is 0 Å². The molecular weight excluding hydrogens is 318 g/mol. The fourth-order valence-corrected chi connectivity index (χ4v) is 2.28. The molecule has 0 saturated heterocycles. The van der Waals surface area contributed by atoms with Gasteiger partial charge in [0.1, 0.15) is 0 Å². The standard InChI is InChI=1S/C15H12BrN3O/c1-19-9-17-13-8-10(2-7-14(13)19)15(20)18-12-5-3-11(16)4-6-12/h2-9H,1H3,(H,18,20). The van der Waals surface area contributed by atoms with Crippen LogP contribution in [0.15, 0.2) is 53.3 Å². The zero-order valence-electron chi connectivity index (χ0n) is 10.8. The van der Waals surface area contributed by atoms with Crippen molar-refractivity contribution in [2.45, 2.75) is 0 Å². The SMILES string of the molecule is Cn1cnc2cc(C(=O)Nc3ccc(Br)cc3)ccc21. The molecule has 0 aliphatic carbocycles. The molecule has 5 heteroatoms. The number of anilines is 1. The number of hydrogen-bond donors (Lipinski definition) is 1. The van der Waals surface area contributed by atoms with Gasteiger partial charge in [0.25, 0.3) is 5.91 Å². The summed E-state index contributed by atoms with van der Waals surface area (Å²) in [4.78, 5) is 16.4. The summed E-state index contributed by atoms with van der Waals surface area (Å²) in [6.07, 6.45) is 1.74. The summed E-state index contributed by atoms with van der Waals surface area (Å²) in [7, 11) is 1.93. The van der Waals surface area contributed by atoms with Gasteiger partial charge in [-0.3, -0.25) is 4.79 Å². The zero-order chi connectivity index (χ0) is 14.1. The van der Waals surface area contributed by atoms with E-state index in [0.717, 1.165) is 21.2 Å². The van der Waals surface area contributed by atoms with Gasteiger partial charge in [0, 0.05) is 22.8 Å². The molecule has 0 atom stereocenters. The maximum atomic E-state index is 12.2. The van der Waals surface area contributed by atoms with Crippen LogP contribution in [-0.2, 0) is 7.05 Å². The van der Waals surface area contributed by atoms with Crippen LogP contribution in [0.4, 0.5) is 5.69 Å². The van der Waals surface area contributed by atoms with Crippen LogP contribution in [0.5, 0.6) is 0 Å². The Labute approximate surface area is 124 Å². The topological polar surface area (TPSA) is 46.9 Å².